The monoisotopic (exact) mass is 422 g/mol. The number of ether oxygens (including phenoxy) is 2. The van der Waals surface area contributed by atoms with Crippen LogP contribution in [0.25, 0.3) is 0 Å². The van der Waals surface area contributed by atoms with E-state index in [0.717, 1.165) is 32.0 Å². The fourth-order valence-electron chi connectivity index (χ4n) is 4.61. The molecular weight excluding hydrogens is 388 g/mol. The lowest BCUT2D eigenvalue weighted by Crippen LogP contribution is -2.47. The zero-order valence-corrected chi connectivity index (χ0v) is 18.8. The van der Waals surface area contributed by atoms with Crippen LogP contribution in [-0.2, 0) is 4.74 Å². The average molecular weight is 423 g/mol. The number of methoxy groups -OCH3 is 1. The molecular formula is C23H35ClN2O3. The molecule has 1 heterocycles. The first kappa shape index (κ1) is 22.4. The van der Waals surface area contributed by atoms with Crippen molar-refractivity contribution in [3.05, 3.63) is 28.8 Å². The van der Waals surface area contributed by atoms with Gasteiger partial charge in [0.1, 0.15) is 11.9 Å². The Bertz CT molecular complexity index is 687. The van der Waals surface area contributed by atoms with Crippen molar-refractivity contribution < 1.29 is 14.3 Å². The zero-order chi connectivity index (χ0) is 20.9. The molecule has 0 bridgehead atoms. The summed E-state index contributed by atoms with van der Waals surface area (Å²) in [6, 6.07) is 5.98. The summed E-state index contributed by atoms with van der Waals surface area (Å²) in [5.41, 5.74) is 1.01. The normalized spacial score (nSPS) is 23.0. The van der Waals surface area contributed by atoms with Crippen LogP contribution in [0.3, 0.4) is 0 Å². The van der Waals surface area contributed by atoms with E-state index >= 15 is 0 Å². The van der Waals surface area contributed by atoms with Crippen molar-refractivity contribution in [2.45, 2.75) is 64.5 Å². The summed E-state index contributed by atoms with van der Waals surface area (Å²) >= 11 is 6.40. The molecule has 1 aliphatic heterocycles. The van der Waals surface area contributed by atoms with Crippen molar-refractivity contribution in [3.63, 3.8) is 0 Å². The predicted molar refractivity (Wildman–Crippen MR) is 117 cm³/mol. The minimum atomic E-state index is -0.154. The molecule has 1 aliphatic carbocycles. The third-order valence-electron chi connectivity index (χ3n) is 6.25. The van der Waals surface area contributed by atoms with Crippen molar-refractivity contribution >= 4 is 17.5 Å². The first-order valence-electron chi connectivity index (χ1n) is 10.9. The fourth-order valence-corrected chi connectivity index (χ4v) is 4.84. The van der Waals surface area contributed by atoms with E-state index in [1.807, 2.05) is 6.07 Å². The van der Waals surface area contributed by atoms with Crippen LogP contribution in [0.2, 0.25) is 5.02 Å². The lowest BCUT2D eigenvalue weighted by Gasteiger charge is -2.44. The number of piperidine rings is 1. The number of nitrogens with one attached hydrogen (secondary N) is 1. The number of rotatable bonds is 7. The third-order valence-corrected chi connectivity index (χ3v) is 6.55. The Hall–Kier alpha value is -1.30. The molecule has 2 fully saturated rings. The number of carbonyl (C=O) groups is 1. The van der Waals surface area contributed by atoms with Gasteiger partial charge in [-0.25, -0.2) is 0 Å². The Kier molecular flexibility index (Phi) is 7.83. The number of carbonyl (C=O) groups excluding carboxylic acids is 1. The van der Waals surface area contributed by atoms with E-state index in [0.29, 0.717) is 34.9 Å². The van der Waals surface area contributed by atoms with Crippen molar-refractivity contribution in [3.8, 4) is 5.75 Å². The summed E-state index contributed by atoms with van der Waals surface area (Å²) in [4.78, 5) is 14.8. The summed E-state index contributed by atoms with van der Waals surface area (Å²) in [6.07, 6.45) is 7.55. The number of amides is 1. The second-order valence-corrected chi connectivity index (χ2v) is 9.57. The molecule has 6 heteroatoms. The molecule has 0 aromatic heterocycles. The molecule has 1 N–H and O–H groups in total. The molecule has 2 aliphatic rings. The van der Waals surface area contributed by atoms with Gasteiger partial charge in [-0.3, -0.25) is 4.79 Å². The molecule has 1 amide bonds. The van der Waals surface area contributed by atoms with Gasteiger partial charge in [-0.15, -0.1) is 0 Å². The van der Waals surface area contributed by atoms with E-state index in [9.17, 15) is 4.79 Å². The Labute approximate surface area is 180 Å². The summed E-state index contributed by atoms with van der Waals surface area (Å²) in [5.74, 6) is 0.511. The van der Waals surface area contributed by atoms with Crippen molar-refractivity contribution in [2.24, 2.45) is 5.41 Å². The van der Waals surface area contributed by atoms with Crippen molar-refractivity contribution in [1.82, 2.24) is 10.2 Å². The van der Waals surface area contributed by atoms with Gasteiger partial charge in [-0.1, -0.05) is 31.9 Å². The lowest BCUT2D eigenvalue weighted by atomic mass is 9.74. The first-order valence-corrected chi connectivity index (χ1v) is 11.2. The van der Waals surface area contributed by atoms with Crippen LogP contribution in [0.5, 0.6) is 5.75 Å². The van der Waals surface area contributed by atoms with Gasteiger partial charge in [0.2, 0.25) is 0 Å². The van der Waals surface area contributed by atoms with E-state index in [2.05, 4.69) is 24.1 Å². The number of benzene rings is 1. The SMILES string of the molecule is COCCNC(=O)c1ccc(OC2CCN(C3CCCC(C)(C)C3)CC2)c(Cl)c1. The van der Waals surface area contributed by atoms with Crippen LogP contribution in [0.4, 0.5) is 0 Å². The average Bonchev–Trinajstić information content (AvgIpc) is 2.69. The lowest BCUT2D eigenvalue weighted by molar-refractivity contribution is 0.0399. The van der Waals surface area contributed by atoms with E-state index < -0.39 is 0 Å². The minimum Gasteiger partial charge on any atom is -0.489 e. The topological polar surface area (TPSA) is 50.8 Å². The van der Waals surface area contributed by atoms with Gasteiger partial charge in [0.15, 0.2) is 0 Å². The van der Waals surface area contributed by atoms with E-state index in [4.69, 9.17) is 21.1 Å². The van der Waals surface area contributed by atoms with Gasteiger partial charge in [-0.05, 0) is 55.7 Å². The Morgan fingerprint density at radius 2 is 2.03 bits per heavy atom. The molecule has 5 nitrogen and oxygen atoms in total. The molecule has 1 aromatic carbocycles. The smallest absolute Gasteiger partial charge is 0.251 e. The van der Waals surface area contributed by atoms with Crippen molar-refractivity contribution in [1.29, 1.82) is 0 Å². The number of likely N-dealkylation sites (tertiary alicyclic amines) is 1. The van der Waals surface area contributed by atoms with E-state index in [1.165, 1.54) is 25.7 Å². The standard InChI is InChI=1S/C23H35ClN2O3/c1-23(2)10-4-5-18(16-23)26-12-8-19(9-13-26)29-21-7-6-17(15-20(21)24)22(27)25-11-14-28-3/h6-7,15,18-19H,4-5,8-14,16H2,1-3H3,(H,25,27). The fraction of sp³-hybridized carbons (Fsp3) is 0.696. The maximum Gasteiger partial charge on any atom is 0.251 e. The van der Waals surface area contributed by atoms with Crippen LogP contribution in [0, 0.1) is 5.41 Å². The third kappa shape index (κ3) is 6.34. The van der Waals surface area contributed by atoms with Gasteiger partial charge in [0.25, 0.3) is 5.91 Å². The summed E-state index contributed by atoms with van der Waals surface area (Å²) in [5, 5.41) is 3.29. The maximum absolute atomic E-state index is 12.1. The Morgan fingerprint density at radius 3 is 2.69 bits per heavy atom. The second kappa shape index (κ2) is 10.1. The predicted octanol–water partition coefficient (Wildman–Crippen LogP) is 4.53. The molecule has 3 rings (SSSR count). The highest BCUT2D eigenvalue weighted by Crippen LogP contribution is 2.38. The second-order valence-electron chi connectivity index (χ2n) is 9.16. The van der Waals surface area contributed by atoms with Crippen LogP contribution < -0.4 is 10.1 Å². The highest BCUT2D eigenvalue weighted by molar-refractivity contribution is 6.32. The molecule has 0 spiro atoms. The van der Waals surface area contributed by atoms with E-state index in [-0.39, 0.29) is 12.0 Å². The first-order chi connectivity index (χ1) is 13.9. The number of nitrogens with zero attached hydrogens (tertiary/aromatic N) is 1. The van der Waals surface area contributed by atoms with Gasteiger partial charge in [-0.2, -0.15) is 0 Å². The molecule has 1 aromatic rings. The molecule has 1 unspecified atom stereocenters. The quantitative estimate of drug-likeness (QED) is 0.656. The molecule has 0 radical (unpaired) electrons. The molecule has 1 saturated heterocycles. The molecule has 162 valence electrons. The van der Waals surface area contributed by atoms with Gasteiger partial charge in [0, 0.05) is 38.3 Å². The van der Waals surface area contributed by atoms with Crippen LogP contribution in [-0.4, -0.2) is 56.3 Å². The summed E-state index contributed by atoms with van der Waals surface area (Å²) in [7, 11) is 1.61. The number of hydrogen-bond donors (Lipinski definition) is 1. The van der Waals surface area contributed by atoms with Gasteiger partial charge in [0.05, 0.1) is 11.6 Å². The summed E-state index contributed by atoms with van der Waals surface area (Å²) < 4.78 is 11.1. The molecule has 1 atom stereocenters. The highest BCUT2D eigenvalue weighted by Gasteiger charge is 2.33. The van der Waals surface area contributed by atoms with E-state index in [1.54, 1.807) is 19.2 Å². The highest BCUT2D eigenvalue weighted by atomic mass is 35.5. The Morgan fingerprint density at radius 1 is 1.28 bits per heavy atom. The molecule has 29 heavy (non-hydrogen) atoms. The van der Waals surface area contributed by atoms with Crippen molar-refractivity contribution in [2.75, 3.05) is 33.4 Å². The van der Waals surface area contributed by atoms with Crippen LogP contribution in [0.1, 0.15) is 62.7 Å². The number of hydrogen-bond acceptors (Lipinski definition) is 4. The van der Waals surface area contributed by atoms with Gasteiger partial charge < -0.3 is 19.7 Å². The number of halogens is 1. The summed E-state index contributed by atoms with van der Waals surface area (Å²) in [6.45, 7) is 7.93. The van der Waals surface area contributed by atoms with Gasteiger partial charge >= 0.3 is 0 Å². The minimum absolute atomic E-state index is 0.154. The zero-order valence-electron chi connectivity index (χ0n) is 18.0. The van der Waals surface area contributed by atoms with Crippen LogP contribution >= 0.6 is 11.6 Å². The maximum atomic E-state index is 12.1. The molecule has 1 saturated carbocycles. The largest absolute Gasteiger partial charge is 0.489 e. The van der Waals surface area contributed by atoms with Crippen LogP contribution in [0.15, 0.2) is 18.2 Å². The Balaban J connectivity index is 1.49.